The Hall–Kier alpha value is -2.87. The van der Waals surface area contributed by atoms with E-state index in [0.29, 0.717) is 22.0 Å². The minimum atomic E-state index is -4.45. The molecule has 2 aromatic carbocycles. The van der Waals surface area contributed by atoms with Crippen LogP contribution in [0.3, 0.4) is 0 Å². The Balaban J connectivity index is 1.88. The molecule has 4 nitrogen and oxygen atoms in total. The van der Waals surface area contributed by atoms with Gasteiger partial charge in [0.2, 0.25) is 0 Å². The maximum Gasteiger partial charge on any atom is 0.416 e. The summed E-state index contributed by atoms with van der Waals surface area (Å²) in [6, 6.07) is 14.5. The lowest BCUT2D eigenvalue weighted by molar-refractivity contribution is -0.147. The zero-order valence-corrected chi connectivity index (χ0v) is 17.0. The van der Waals surface area contributed by atoms with Crippen molar-refractivity contribution in [3.05, 3.63) is 77.6 Å². The minimum Gasteiger partial charge on any atom is -0.497 e. The SMILES string of the molecule is COc1ccc([C@H]2Sc3ccc(C(F)(F)F)cc3-n3cccc3[C@H]2OC(C)=O)cc1. The number of hydrogen-bond donors (Lipinski definition) is 0. The Morgan fingerprint density at radius 1 is 1.10 bits per heavy atom. The molecule has 3 aromatic rings. The van der Waals surface area contributed by atoms with Crippen LogP contribution < -0.4 is 4.74 Å². The number of carbonyl (C=O) groups excluding carboxylic acids is 1. The summed E-state index contributed by atoms with van der Waals surface area (Å²) < 4.78 is 52.5. The Morgan fingerprint density at radius 3 is 2.47 bits per heavy atom. The summed E-state index contributed by atoms with van der Waals surface area (Å²) >= 11 is 1.37. The van der Waals surface area contributed by atoms with E-state index in [1.807, 2.05) is 12.1 Å². The lowest BCUT2D eigenvalue weighted by atomic mass is 10.0. The van der Waals surface area contributed by atoms with Crippen molar-refractivity contribution in [2.24, 2.45) is 0 Å². The molecular weight excluding hydrogens is 415 g/mol. The first-order valence-corrected chi connectivity index (χ1v) is 10.0. The molecule has 0 radical (unpaired) electrons. The van der Waals surface area contributed by atoms with Crippen LogP contribution in [0.5, 0.6) is 5.75 Å². The number of hydrogen-bond acceptors (Lipinski definition) is 4. The molecule has 4 rings (SSSR count). The zero-order chi connectivity index (χ0) is 21.5. The van der Waals surface area contributed by atoms with Crippen LogP contribution in [0.2, 0.25) is 0 Å². The molecule has 1 aliphatic rings. The van der Waals surface area contributed by atoms with E-state index in [0.717, 1.165) is 17.7 Å². The third-order valence-electron chi connectivity index (χ3n) is 4.88. The van der Waals surface area contributed by atoms with Gasteiger partial charge in [-0.15, -0.1) is 11.8 Å². The van der Waals surface area contributed by atoms with Crippen LogP contribution in [0.25, 0.3) is 5.69 Å². The summed E-state index contributed by atoms with van der Waals surface area (Å²) in [5.74, 6) is 0.216. The molecule has 30 heavy (non-hydrogen) atoms. The van der Waals surface area contributed by atoms with Gasteiger partial charge in [0.15, 0.2) is 6.10 Å². The van der Waals surface area contributed by atoms with Crippen LogP contribution >= 0.6 is 11.8 Å². The number of methoxy groups -OCH3 is 1. The van der Waals surface area contributed by atoms with Gasteiger partial charge in [0.1, 0.15) is 5.75 Å². The number of benzene rings is 2. The van der Waals surface area contributed by atoms with Crippen LogP contribution in [-0.4, -0.2) is 17.6 Å². The monoisotopic (exact) mass is 433 g/mol. The molecule has 0 spiro atoms. The van der Waals surface area contributed by atoms with Gasteiger partial charge in [0, 0.05) is 18.0 Å². The van der Waals surface area contributed by atoms with E-state index >= 15 is 0 Å². The summed E-state index contributed by atoms with van der Waals surface area (Å²) in [6.45, 7) is 1.32. The molecular formula is C22H18F3NO3S. The average molecular weight is 433 g/mol. The first-order chi connectivity index (χ1) is 14.3. The van der Waals surface area contributed by atoms with Crippen LogP contribution in [-0.2, 0) is 15.7 Å². The number of thioether (sulfide) groups is 1. The number of fused-ring (bicyclic) bond motifs is 3. The molecule has 0 amide bonds. The van der Waals surface area contributed by atoms with Crippen molar-refractivity contribution in [1.29, 1.82) is 0 Å². The van der Waals surface area contributed by atoms with E-state index in [1.165, 1.54) is 24.8 Å². The first kappa shape index (κ1) is 20.4. The second-order valence-electron chi connectivity index (χ2n) is 6.82. The molecule has 0 aliphatic carbocycles. The van der Waals surface area contributed by atoms with Gasteiger partial charge in [-0.1, -0.05) is 12.1 Å². The zero-order valence-electron chi connectivity index (χ0n) is 16.1. The standard InChI is InChI=1S/C22H18F3NO3S/c1-13(27)29-20-17-4-3-11-26(17)18-12-15(22(23,24)25)7-10-19(18)30-21(20)14-5-8-16(28-2)9-6-14/h3-12,20-21H,1-2H3/t20-,21-/m1/s1. The summed E-state index contributed by atoms with van der Waals surface area (Å²) in [7, 11) is 1.57. The summed E-state index contributed by atoms with van der Waals surface area (Å²) in [6.07, 6.45) is -3.45. The maximum atomic E-state index is 13.3. The number of rotatable bonds is 3. The fourth-order valence-corrected chi connectivity index (χ4v) is 4.83. The van der Waals surface area contributed by atoms with Gasteiger partial charge >= 0.3 is 12.1 Å². The second-order valence-corrected chi connectivity index (χ2v) is 8.01. The van der Waals surface area contributed by atoms with Gasteiger partial charge in [-0.2, -0.15) is 13.2 Å². The number of ether oxygens (including phenoxy) is 2. The van der Waals surface area contributed by atoms with Gasteiger partial charge in [0.05, 0.1) is 29.3 Å². The first-order valence-electron chi connectivity index (χ1n) is 9.14. The highest BCUT2D eigenvalue weighted by Gasteiger charge is 2.37. The van der Waals surface area contributed by atoms with Crippen LogP contribution in [0.1, 0.15) is 35.1 Å². The second kappa shape index (κ2) is 7.75. The predicted molar refractivity (Wildman–Crippen MR) is 107 cm³/mol. The maximum absolute atomic E-state index is 13.3. The van der Waals surface area contributed by atoms with Crippen molar-refractivity contribution in [2.75, 3.05) is 7.11 Å². The van der Waals surface area contributed by atoms with Gasteiger partial charge < -0.3 is 14.0 Å². The van der Waals surface area contributed by atoms with Gasteiger partial charge in [0.25, 0.3) is 0 Å². The molecule has 0 unspecified atom stereocenters. The van der Waals surface area contributed by atoms with Crippen molar-refractivity contribution >= 4 is 17.7 Å². The van der Waals surface area contributed by atoms with Crippen molar-refractivity contribution in [2.45, 2.75) is 29.3 Å². The molecule has 0 saturated carbocycles. The Labute approximate surface area is 175 Å². The van der Waals surface area contributed by atoms with Crippen molar-refractivity contribution in [3.63, 3.8) is 0 Å². The molecule has 8 heteroatoms. The van der Waals surface area contributed by atoms with Crippen molar-refractivity contribution < 1.29 is 27.4 Å². The van der Waals surface area contributed by atoms with Crippen LogP contribution in [0.15, 0.2) is 65.7 Å². The average Bonchev–Trinajstić information content (AvgIpc) is 3.15. The third kappa shape index (κ3) is 3.79. The van der Waals surface area contributed by atoms with E-state index in [4.69, 9.17) is 9.47 Å². The van der Waals surface area contributed by atoms with Crippen molar-refractivity contribution in [1.82, 2.24) is 4.57 Å². The molecule has 0 N–H and O–H groups in total. The molecule has 156 valence electrons. The fourth-order valence-electron chi connectivity index (χ4n) is 3.52. The van der Waals surface area contributed by atoms with Gasteiger partial charge in [-0.25, -0.2) is 0 Å². The topological polar surface area (TPSA) is 40.5 Å². The van der Waals surface area contributed by atoms with E-state index < -0.39 is 23.8 Å². The van der Waals surface area contributed by atoms with E-state index in [-0.39, 0.29) is 5.25 Å². The Kier molecular flexibility index (Phi) is 5.27. The molecule has 1 aromatic heterocycles. The predicted octanol–water partition coefficient (Wildman–Crippen LogP) is 5.96. The Morgan fingerprint density at radius 2 is 1.83 bits per heavy atom. The highest BCUT2D eigenvalue weighted by Crippen LogP contribution is 2.51. The van der Waals surface area contributed by atoms with Crippen molar-refractivity contribution in [3.8, 4) is 11.4 Å². The lowest BCUT2D eigenvalue weighted by Crippen LogP contribution is -2.16. The van der Waals surface area contributed by atoms with E-state index in [9.17, 15) is 18.0 Å². The quantitative estimate of drug-likeness (QED) is 0.478. The van der Waals surface area contributed by atoms with Gasteiger partial charge in [-0.05, 0) is 48.0 Å². The van der Waals surface area contributed by atoms with E-state index in [1.54, 1.807) is 42.1 Å². The smallest absolute Gasteiger partial charge is 0.416 e. The fraction of sp³-hybridized carbons (Fsp3) is 0.227. The normalized spacial score (nSPS) is 18.2. The molecule has 2 heterocycles. The van der Waals surface area contributed by atoms with Crippen LogP contribution in [0.4, 0.5) is 13.2 Å². The third-order valence-corrected chi connectivity index (χ3v) is 6.26. The van der Waals surface area contributed by atoms with Crippen LogP contribution in [0, 0.1) is 0 Å². The molecule has 0 bridgehead atoms. The summed E-state index contributed by atoms with van der Waals surface area (Å²) in [5.41, 5.74) is 1.15. The lowest BCUT2D eigenvalue weighted by Gasteiger charge is -2.25. The molecule has 1 aliphatic heterocycles. The molecule has 2 atom stereocenters. The number of nitrogens with zero attached hydrogens (tertiary/aromatic N) is 1. The highest BCUT2D eigenvalue weighted by atomic mass is 32.2. The number of alkyl halides is 3. The van der Waals surface area contributed by atoms with Gasteiger partial charge in [-0.3, -0.25) is 4.79 Å². The number of esters is 1. The highest BCUT2D eigenvalue weighted by molar-refractivity contribution is 7.99. The number of aromatic nitrogens is 1. The summed E-state index contributed by atoms with van der Waals surface area (Å²) in [4.78, 5) is 12.5. The Bertz CT molecular complexity index is 1080. The minimum absolute atomic E-state index is 0.355. The molecule has 0 fully saturated rings. The largest absolute Gasteiger partial charge is 0.497 e. The number of halogens is 3. The number of carbonyl (C=O) groups is 1. The van der Waals surface area contributed by atoms with E-state index in [2.05, 4.69) is 0 Å². The molecule has 0 saturated heterocycles. The summed E-state index contributed by atoms with van der Waals surface area (Å²) in [5, 5.41) is -0.355.